The molecule has 0 spiro atoms. The summed E-state index contributed by atoms with van der Waals surface area (Å²) in [4.78, 5) is 1.43. The lowest BCUT2D eigenvalue weighted by molar-refractivity contribution is 0.390. The lowest BCUT2D eigenvalue weighted by atomic mass is 10.0. The van der Waals surface area contributed by atoms with Gasteiger partial charge in [0.05, 0.1) is 0 Å². The van der Waals surface area contributed by atoms with Gasteiger partial charge in [-0.3, -0.25) is 0 Å². The van der Waals surface area contributed by atoms with Gasteiger partial charge in [-0.2, -0.15) is 0 Å². The van der Waals surface area contributed by atoms with E-state index < -0.39 is 0 Å². The van der Waals surface area contributed by atoms with Crippen LogP contribution in [-0.4, -0.2) is 6.04 Å². The normalized spacial score (nSPS) is 26.0. The highest BCUT2D eigenvalue weighted by molar-refractivity contribution is 9.10. The number of thiophene rings is 1. The van der Waals surface area contributed by atoms with Gasteiger partial charge in [-0.15, -0.1) is 11.3 Å². The van der Waals surface area contributed by atoms with Crippen molar-refractivity contribution in [2.24, 2.45) is 5.92 Å². The van der Waals surface area contributed by atoms with Gasteiger partial charge in [0.15, 0.2) is 0 Å². The molecule has 1 heterocycles. The molecule has 0 saturated heterocycles. The van der Waals surface area contributed by atoms with Gasteiger partial charge in [0, 0.05) is 27.3 Å². The lowest BCUT2D eigenvalue weighted by Gasteiger charge is -2.19. The molecule has 1 aliphatic carbocycles. The van der Waals surface area contributed by atoms with E-state index in [0.717, 1.165) is 18.5 Å². The summed E-state index contributed by atoms with van der Waals surface area (Å²) in [6.07, 6.45) is 5.52. The molecule has 84 valence electrons. The summed E-state index contributed by atoms with van der Waals surface area (Å²) in [5.41, 5.74) is 0. The van der Waals surface area contributed by atoms with E-state index in [1.807, 2.05) is 11.3 Å². The highest BCUT2D eigenvalue weighted by Crippen LogP contribution is 2.28. The topological polar surface area (TPSA) is 12.0 Å². The second-order valence-corrected chi connectivity index (χ2v) is 6.23. The quantitative estimate of drug-likeness (QED) is 0.876. The first kappa shape index (κ1) is 11.6. The van der Waals surface area contributed by atoms with Crippen LogP contribution in [-0.2, 0) is 6.54 Å². The predicted molar refractivity (Wildman–Crippen MR) is 70.3 cm³/mol. The molecule has 3 heteroatoms. The van der Waals surface area contributed by atoms with Gasteiger partial charge < -0.3 is 5.32 Å². The van der Waals surface area contributed by atoms with Crippen molar-refractivity contribution in [3.05, 3.63) is 20.8 Å². The molecule has 2 unspecified atom stereocenters. The number of halogens is 1. The Labute approximate surface area is 104 Å². The SMILES string of the molecule is CCC1CCCC1NCc1cc(Br)cs1. The van der Waals surface area contributed by atoms with E-state index in [1.165, 1.54) is 35.0 Å². The fourth-order valence-corrected chi connectivity index (χ4v) is 3.87. The Morgan fingerprint density at radius 1 is 1.53 bits per heavy atom. The van der Waals surface area contributed by atoms with E-state index in [9.17, 15) is 0 Å². The minimum atomic E-state index is 0.760. The Morgan fingerprint density at radius 3 is 3.07 bits per heavy atom. The predicted octanol–water partition coefficient (Wildman–Crippen LogP) is 4.18. The summed E-state index contributed by atoms with van der Waals surface area (Å²) in [6.45, 7) is 3.35. The third-order valence-corrected chi connectivity index (χ3v) is 5.04. The van der Waals surface area contributed by atoms with Crippen molar-refractivity contribution in [3.63, 3.8) is 0 Å². The highest BCUT2D eigenvalue weighted by atomic mass is 79.9. The zero-order chi connectivity index (χ0) is 10.7. The second kappa shape index (κ2) is 5.46. The van der Waals surface area contributed by atoms with Crippen molar-refractivity contribution in [1.29, 1.82) is 0 Å². The minimum Gasteiger partial charge on any atom is -0.309 e. The molecular formula is C12H18BrNS. The summed E-state index contributed by atoms with van der Waals surface area (Å²) in [6, 6.07) is 2.98. The fraction of sp³-hybridized carbons (Fsp3) is 0.667. The van der Waals surface area contributed by atoms with Gasteiger partial charge in [0.2, 0.25) is 0 Å². The van der Waals surface area contributed by atoms with Gasteiger partial charge in [-0.05, 0) is 40.8 Å². The Balaban J connectivity index is 1.82. The zero-order valence-corrected chi connectivity index (χ0v) is 11.5. The molecule has 2 atom stereocenters. The maximum absolute atomic E-state index is 3.70. The maximum atomic E-state index is 3.70. The van der Waals surface area contributed by atoms with E-state index >= 15 is 0 Å². The van der Waals surface area contributed by atoms with Crippen LogP contribution in [0.5, 0.6) is 0 Å². The Hall–Kier alpha value is 0.140. The molecule has 1 saturated carbocycles. The maximum Gasteiger partial charge on any atom is 0.0302 e. The van der Waals surface area contributed by atoms with Crippen molar-refractivity contribution < 1.29 is 0 Å². The average molecular weight is 288 g/mol. The van der Waals surface area contributed by atoms with E-state index in [0.29, 0.717) is 0 Å². The second-order valence-electron chi connectivity index (χ2n) is 4.32. The van der Waals surface area contributed by atoms with Crippen LogP contribution in [0.2, 0.25) is 0 Å². The Bertz CT molecular complexity index is 310. The van der Waals surface area contributed by atoms with Crippen molar-refractivity contribution in [3.8, 4) is 0 Å². The van der Waals surface area contributed by atoms with E-state index in [2.05, 4.69) is 39.6 Å². The number of rotatable bonds is 4. The summed E-state index contributed by atoms with van der Waals surface area (Å²) >= 11 is 5.33. The van der Waals surface area contributed by atoms with Crippen molar-refractivity contribution in [2.75, 3.05) is 0 Å². The molecule has 0 aromatic carbocycles. The standard InChI is InChI=1S/C12H18BrNS/c1-2-9-4-3-5-12(9)14-7-11-6-10(13)8-15-11/h6,8-9,12,14H,2-5,7H2,1H3. The molecule has 1 aromatic heterocycles. The summed E-state index contributed by atoms with van der Waals surface area (Å²) in [7, 11) is 0. The van der Waals surface area contributed by atoms with E-state index in [1.54, 1.807) is 0 Å². The molecule has 2 rings (SSSR count). The van der Waals surface area contributed by atoms with Gasteiger partial charge in [0.25, 0.3) is 0 Å². The van der Waals surface area contributed by atoms with Crippen LogP contribution >= 0.6 is 27.3 Å². The monoisotopic (exact) mass is 287 g/mol. The number of nitrogens with one attached hydrogen (secondary N) is 1. The van der Waals surface area contributed by atoms with Crippen LogP contribution < -0.4 is 5.32 Å². The van der Waals surface area contributed by atoms with Crippen molar-refractivity contribution in [2.45, 2.75) is 45.2 Å². The molecular weight excluding hydrogens is 270 g/mol. The molecule has 15 heavy (non-hydrogen) atoms. The zero-order valence-electron chi connectivity index (χ0n) is 9.13. The molecule has 1 N–H and O–H groups in total. The van der Waals surface area contributed by atoms with E-state index in [4.69, 9.17) is 0 Å². The van der Waals surface area contributed by atoms with Crippen LogP contribution in [0.3, 0.4) is 0 Å². The van der Waals surface area contributed by atoms with Gasteiger partial charge in [-0.1, -0.05) is 19.8 Å². The number of hydrogen-bond acceptors (Lipinski definition) is 2. The van der Waals surface area contributed by atoms with E-state index in [-0.39, 0.29) is 0 Å². The molecule has 0 radical (unpaired) electrons. The highest BCUT2D eigenvalue weighted by Gasteiger charge is 2.24. The van der Waals surface area contributed by atoms with Crippen LogP contribution in [0.25, 0.3) is 0 Å². The van der Waals surface area contributed by atoms with Crippen LogP contribution in [0.4, 0.5) is 0 Å². The number of hydrogen-bond donors (Lipinski definition) is 1. The third-order valence-electron chi connectivity index (χ3n) is 3.34. The first-order chi connectivity index (χ1) is 7.29. The molecule has 1 aromatic rings. The lowest BCUT2D eigenvalue weighted by Crippen LogP contribution is -2.31. The smallest absolute Gasteiger partial charge is 0.0302 e. The molecule has 1 fully saturated rings. The fourth-order valence-electron chi connectivity index (χ4n) is 2.47. The van der Waals surface area contributed by atoms with Gasteiger partial charge in [0.1, 0.15) is 0 Å². The van der Waals surface area contributed by atoms with Crippen molar-refractivity contribution >= 4 is 27.3 Å². The molecule has 0 amide bonds. The van der Waals surface area contributed by atoms with Crippen LogP contribution in [0.1, 0.15) is 37.5 Å². The summed E-state index contributed by atoms with van der Waals surface area (Å²) in [5.74, 6) is 0.911. The average Bonchev–Trinajstić information content (AvgIpc) is 2.83. The molecule has 1 nitrogen and oxygen atoms in total. The molecule has 1 aliphatic rings. The van der Waals surface area contributed by atoms with Gasteiger partial charge in [-0.25, -0.2) is 0 Å². The first-order valence-electron chi connectivity index (χ1n) is 5.76. The Kier molecular flexibility index (Phi) is 4.23. The third kappa shape index (κ3) is 3.05. The Morgan fingerprint density at radius 2 is 2.40 bits per heavy atom. The minimum absolute atomic E-state index is 0.760. The summed E-state index contributed by atoms with van der Waals surface area (Å²) in [5, 5.41) is 5.86. The molecule has 0 aliphatic heterocycles. The van der Waals surface area contributed by atoms with Crippen molar-refractivity contribution in [1.82, 2.24) is 5.32 Å². The van der Waals surface area contributed by atoms with Gasteiger partial charge >= 0.3 is 0 Å². The molecule has 0 bridgehead atoms. The first-order valence-corrected chi connectivity index (χ1v) is 7.43. The van der Waals surface area contributed by atoms with Crippen LogP contribution in [0, 0.1) is 5.92 Å². The van der Waals surface area contributed by atoms with Crippen LogP contribution in [0.15, 0.2) is 15.9 Å². The summed E-state index contributed by atoms with van der Waals surface area (Å²) < 4.78 is 1.21. The largest absolute Gasteiger partial charge is 0.309 e.